The molecule has 1 aromatic rings. The van der Waals surface area contributed by atoms with Crippen molar-refractivity contribution in [2.45, 2.75) is 19.1 Å². The predicted octanol–water partition coefficient (Wildman–Crippen LogP) is 2.61. The molecule has 2 rings (SSSR count). The van der Waals surface area contributed by atoms with Crippen molar-refractivity contribution in [2.24, 2.45) is 5.92 Å². The van der Waals surface area contributed by atoms with E-state index in [1.54, 1.807) is 6.07 Å². The summed E-state index contributed by atoms with van der Waals surface area (Å²) >= 11 is 0. The molecule has 0 unspecified atom stereocenters. The standard InChI is InChI=1S/C13H14F3NO2/c14-13(15,16)11-3-1-2-9(6-11)7-17-5-4-10(8-17)12(18)19/h1-3,6,10H,4-5,7-8H2,(H,18,19)/t10-/m0/s1. The van der Waals surface area contributed by atoms with Gasteiger partial charge in [0.1, 0.15) is 0 Å². The largest absolute Gasteiger partial charge is 0.481 e. The molecule has 1 aliphatic rings. The van der Waals surface area contributed by atoms with Crippen LogP contribution in [-0.4, -0.2) is 29.1 Å². The average Bonchev–Trinajstić information content (AvgIpc) is 2.77. The molecule has 1 saturated heterocycles. The van der Waals surface area contributed by atoms with E-state index in [9.17, 15) is 18.0 Å². The summed E-state index contributed by atoms with van der Waals surface area (Å²) in [4.78, 5) is 12.7. The van der Waals surface area contributed by atoms with Gasteiger partial charge in [0.05, 0.1) is 11.5 Å². The Bertz CT molecular complexity index is 473. The monoisotopic (exact) mass is 273 g/mol. The molecular formula is C13H14F3NO2. The molecule has 0 bridgehead atoms. The van der Waals surface area contributed by atoms with Gasteiger partial charge in [-0.1, -0.05) is 18.2 Å². The van der Waals surface area contributed by atoms with Crippen molar-refractivity contribution in [1.82, 2.24) is 4.90 Å². The number of rotatable bonds is 3. The van der Waals surface area contributed by atoms with E-state index >= 15 is 0 Å². The van der Waals surface area contributed by atoms with Gasteiger partial charge in [0.2, 0.25) is 0 Å². The number of carboxylic acids is 1. The molecule has 1 atom stereocenters. The number of benzene rings is 1. The van der Waals surface area contributed by atoms with Crippen molar-refractivity contribution in [3.63, 3.8) is 0 Å². The first-order valence-corrected chi connectivity index (χ1v) is 5.97. The van der Waals surface area contributed by atoms with Crippen molar-refractivity contribution in [3.8, 4) is 0 Å². The first-order valence-electron chi connectivity index (χ1n) is 5.97. The fraction of sp³-hybridized carbons (Fsp3) is 0.462. The van der Waals surface area contributed by atoms with Crippen LogP contribution in [0, 0.1) is 5.92 Å². The van der Waals surface area contributed by atoms with Gasteiger partial charge in [-0.3, -0.25) is 9.69 Å². The summed E-state index contributed by atoms with van der Waals surface area (Å²) in [5.74, 6) is -1.25. The zero-order valence-corrected chi connectivity index (χ0v) is 10.2. The summed E-state index contributed by atoms with van der Waals surface area (Å²) < 4.78 is 37.7. The van der Waals surface area contributed by atoms with Crippen molar-refractivity contribution >= 4 is 5.97 Å². The summed E-state index contributed by atoms with van der Waals surface area (Å²) in [6.07, 6.45) is -3.79. The SMILES string of the molecule is O=C(O)[C@H]1CCN(Cc2cccc(C(F)(F)F)c2)C1. The maximum Gasteiger partial charge on any atom is 0.416 e. The number of likely N-dealkylation sites (tertiary alicyclic amines) is 1. The summed E-state index contributed by atoms with van der Waals surface area (Å²) in [6, 6.07) is 5.16. The second kappa shape index (κ2) is 5.21. The van der Waals surface area contributed by atoms with Crippen LogP contribution in [0.5, 0.6) is 0 Å². The minimum absolute atomic E-state index is 0.355. The number of carboxylic acid groups (broad SMARTS) is 1. The highest BCUT2D eigenvalue weighted by Gasteiger charge is 2.31. The fourth-order valence-corrected chi connectivity index (χ4v) is 2.28. The van der Waals surface area contributed by atoms with Gasteiger partial charge in [0.15, 0.2) is 0 Å². The molecule has 0 saturated carbocycles. The number of nitrogens with zero attached hydrogens (tertiary/aromatic N) is 1. The van der Waals surface area contributed by atoms with Crippen LogP contribution in [-0.2, 0) is 17.5 Å². The lowest BCUT2D eigenvalue weighted by atomic mass is 10.1. The van der Waals surface area contributed by atoms with Crippen LogP contribution < -0.4 is 0 Å². The van der Waals surface area contributed by atoms with Crippen LogP contribution in [0.2, 0.25) is 0 Å². The first-order chi connectivity index (χ1) is 8.86. The highest BCUT2D eigenvalue weighted by molar-refractivity contribution is 5.70. The van der Waals surface area contributed by atoms with Gasteiger partial charge in [-0.2, -0.15) is 13.2 Å². The van der Waals surface area contributed by atoms with Crippen LogP contribution in [0.4, 0.5) is 13.2 Å². The number of hydrogen-bond acceptors (Lipinski definition) is 2. The summed E-state index contributed by atoms with van der Waals surface area (Å²) in [6.45, 7) is 1.35. The zero-order valence-electron chi connectivity index (χ0n) is 10.2. The topological polar surface area (TPSA) is 40.5 Å². The minimum Gasteiger partial charge on any atom is -0.481 e. The summed E-state index contributed by atoms with van der Waals surface area (Å²) in [5, 5.41) is 8.87. The quantitative estimate of drug-likeness (QED) is 0.920. The van der Waals surface area contributed by atoms with Crippen LogP contribution >= 0.6 is 0 Å². The first kappa shape index (κ1) is 13.9. The number of aliphatic carboxylic acids is 1. The second-order valence-electron chi connectivity index (χ2n) is 4.76. The van der Waals surface area contributed by atoms with Gasteiger partial charge in [0.25, 0.3) is 0 Å². The van der Waals surface area contributed by atoms with E-state index in [0.29, 0.717) is 31.6 Å². The predicted molar refractivity (Wildman–Crippen MR) is 62.5 cm³/mol. The van der Waals surface area contributed by atoms with E-state index in [4.69, 9.17) is 5.11 Å². The normalized spacial score (nSPS) is 20.7. The van der Waals surface area contributed by atoms with Crippen LogP contribution in [0.15, 0.2) is 24.3 Å². The lowest BCUT2D eigenvalue weighted by Crippen LogP contribution is -2.23. The van der Waals surface area contributed by atoms with Crippen molar-refractivity contribution in [2.75, 3.05) is 13.1 Å². The van der Waals surface area contributed by atoms with E-state index in [1.165, 1.54) is 6.07 Å². The Morgan fingerprint density at radius 2 is 2.16 bits per heavy atom. The van der Waals surface area contributed by atoms with Gasteiger partial charge in [0, 0.05) is 13.1 Å². The third-order valence-corrected chi connectivity index (χ3v) is 3.28. The molecule has 3 nitrogen and oxygen atoms in total. The number of alkyl halides is 3. The molecule has 1 fully saturated rings. The van der Waals surface area contributed by atoms with E-state index in [1.807, 2.05) is 4.90 Å². The number of carbonyl (C=O) groups is 1. The molecule has 0 aliphatic carbocycles. The van der Waals surface area contributed by atoms with Gasteiger partial charge >= 0.3 is 12.1 Å². The van der Waals surface area contributed by atoms with Gasteiger partial charge < -0.3 is 5.11 Å². The third kappa shape index (κ3) is 3.47. The Morgan fingerprint density at radius 3 is 2.74 bits per heavy atom. The maximum absolute atomic E-state index is 12.6. The van der Waals surface area contributed by atoms with Crippen molar-refractivity contribution in [3.05, 3.63) is 35.4 Å². The van der Waals surface area contributed by atoms with Crippen molar-refractivity contribution < 1.29 is 23.1 Å². The molecular weight excluding hydrogens is 259 g/mol. The molecule has 0 aromatic heterocycles. The van der Waals surface area contributed by atoms with Crippen LogP contribution in [0.3, 0.4) is 0 Å². The molecule has 0 radical (unpaired) electrons. The average molecular weight is 273 g/mol. The highest BCUT2D eigenvalue weighted by atomic mass is 19.4. The Balaban J connectivity index is 2.03. The molecule has 1 aliphatic heterocycles. The molecule has 1 aromatic carbocycles. The van der Waals surface area contributed by atoms with E-state index in [2.05, 4.69) is 0 Å². The summed E-state index contributed by atoms with van der Waals surface area (Å²) in [7, 11) is 0. The third-order valence-electron chi connectivity index (χ3n) is 3.28. The molecule has 1 heterocycles. The number of halogens is 3. The van der Waals surface area contributed by atoms with E-state index in [-0.39, 0.29) is 0 Å². The minimum atomic E-state index is -4.34. The molecule has 19 heavy (non-hydrogen) atoms. The molecule has 0 amide bonds. The van der Waals surface area contributed by atoms with E-state index in [0.717, 1.165) is 12.1 Å². The molecule has 6 heteroatoms. The lowest BCUT2D eigenvalue weighted by molar-refractivity contribution is -0.141. The highest BCUT2D eigenvalue weighted by Crippen LogP contribution is 2.30. The maximum atomic E-state index is 12.6. The Morgan fingerprint density at radius 1 is 1.42 bits per heavy atom. The zero-order chi connectivity index (χ0) is 14.0. The fourth-order valence-electron chi connectivity index (χ4n) is 2.28. The Kier molecular flexibility index (Phi) is 3.80. The van der Waals surface area contributed by atoms with Crippen LogP contribution in [0.25, 0.3) is 0 Å². The Hall–Kier alpha value is -1.56. The smallest absolute Gasteiger partial charge is 0.416 e. The molecule has 1 N–H and O–H groups in total. The van der Waals surface area contributed by atoms with Crippen molar-refractivity contribution in [1.29, 1.82) is 0 Å². The Labute approximate surface area is 108 Å². The molecule has 104 valence electrons. The van der Waals surface area contributed by atoms with Gasteiger partial charge in [-0.05, 0) is 24.6 Å². The molecule has 0 spiro atoms. The van der Waals surface area contributed by atoms with E-state index < -0.39 is 23.6 Å². The summed E-state index contributed by atoms with van der Waals surface area (Å²) in [5.41, 5.74) is -0.111. The van der Waals surface area contributed by atoms with Gasteiger partial charge in [-0.25, -0.2) is 0 Å². The second-order valence-corrected chi connectivity index (χ2v) is 4.76. The lowest BCUT2D eigenvalue weighted by Gasteiger charge is -2.16. The van der Waals surface area contributed by atoms with Gasteiger partial charge in [-0.15, -0.1) is 0 Å². The number of hydrogen-bond donors (Lipinski definition) is 1. The van der Waals surface area contributed by atoms with Crippen LogP contribution in [0.1, 0.15) is 17.5 Å².